The number of para-hydroxylation sites is 1. The average molecular weight is 728 g/mol. The zero-order valence-corrected chi connectivity index (χ0v) is 30.8. The Morgan fingerprint density at radius 3 is 1.54 bits per heavy atom. The molecule has 0 saturated carbocycles. The van der Waals surface area contributed by atoms with E-state index >= 15 is 0 Å². The van der Waals surface area contributed by atoms with E-state index in [-0.39, 0.29) is 0 Å². The van der Waals surface area contributed by atoms with Crippen molar-refractivity contribution in [2.24, 2.45) is 0 Å². The first-order valence-corrected chi connectivity index (χ1v) is 19.2. The van der Waals surface area contributed by atoms with E-state index in [9.17, 15) is 0 Å². The molecule has 266 valence electrons. The van der Waals surface area contributed by atoms with E-state index in [2.05, 4.69) is 158 Å². The fourth-order valence-corrected chi connectivity index (χ4v) is 8.11. The van der Waals surface area contributed by atoms with Crippen LogP contribution in [0.4, 0.5) is 0 Å². The second kappa shape index (κ2) is 13.6. The molecule has 2 aromatic heterocycles. The van der Waals surface area contributed by atoms with Gasteiger partial charge in [0.05, 0.1) is 0 Å². The van der Waals surface area contributed by atoms with Crippen molar-refractivity contribution >= 4 is 43.5 Å². The molecule has 0 amide bonds. The fourth-order valence-electron chi connectivity index (χ4n) is 8.11. The van der Waals surface area contributed by atoms with Gasteiger partial charge in [-0.1, -0.05) is 176 Å². The van der Waals surface area contributed by atoms with E-state index in [0.29, 0.717) is 17.5 Å². The lowest BCUT2D eigenvalue weighted by molar-refractivity contribution is 0.670. The molecular formula is C53H33N3O. The van der Waals surface area contributed by atoms with Gasteiger partial charge < -0.3 is 4.42 Å². The number of benzene rings is 9. The van der Waals surface area contributed by atoms with E-state index in [1.807, 2.05) is 42.5 Å². The first-order chi connectivity index (χ1) is 28.2. The van der Waals surface area contributed by atoms with Gasteiger partial charge in [0.1, 0.15) is 11.2 Å². The number of furan rings is 1. The molecule has 11 rings (SSSR count). The van der Waals surface area contributed by atoms with E-state index < -0.39 is 0 Å². The van der Waals surface area contributed by atoms with Gasteiger partial charge in [-0.2, -0.15) is 0 Å². The molecule has 0 aliphatic carbocycles. The summed E-state index contributed by atoms with van der Waals surface area (Å²) >= 11 is 0. The fraction of sp³-hybridized carbons (Fsp3) is 0. The molecule has 11 aromatic rings. The number of fused-ring (bicyclic) bond motifs is 5. The molecule has 9 aromatic carbocycles. The topological polar surface area (TPSA) is 51.8 Å². The minimum Gasteiger partial charge on any atom is -0.455 e. The molecule has 4 nitrogen and oxygen atoms in total. The van der Waals surface area contributed by atoms with Crippen LogP contribution in [0, 0.1) is 0 Å². The summed E-state index contributed by atoms with van der Waals surface area (Å²) in [5, 5.41) is 6.81. The predicted octanol–water partition coefficient (Wildman–Crippen LogP) is 14.1. The standard InChI is InChI=1S/C53H33N3O/c1-3-15-36(16-4-1)47-33-42(29-30-43(47)40-27-25-34-13-7-9-19-38(34)31-40)52-54-51(37-17-5-2-6-18-37)55-53(56-52)46-23-12-24-48-49(46)45-22-11-21-44(50(45)57-48)41-28-26-35-14-8-10-20-39(35)32-41/h1-33H. The van der Waals surface area contributed by atoms with E-state index in [4.69, 9.17) is 19.4 Å². The molecule has 0 aliphatic rings. The highest BCUT2D eigenvalue weighted by Crippen LogP contribution is 2.42. The Labute approximate surface area is 329 Å². The second-order valence-electron chi connectivity index (χ2n) is 14.4. The largest absolute Gasteiger partial charge is 0.455 e. The second-order valence-corrected chi connectivity index (χ2v) is 14.4. The van der Waals surface area contributed by atoms with Gasteiger partial charge in [-0.15, -0.1) is 0 Å². The van der Waals surface area contributed by atoms with Crippen LogP contribution in [0.25, 0.3) is 111 Å². The van der Waals surface area contributed by atoms with Crippen LogP contribution < -0.4 is 0 Å². The lowest BCUT2D eigenvalue weighted by Crippen LogP contribution is -2.01. The zero-order chi connectivity index (χ0) is 37.7. The van der Waals surface area contributed by atoms with Gasteiger partial charge >= 0.3 is 0 Å². The average Bonchev–Trinajstić information content (AvgIpc) is 3.68. The third-order valence-electron chi connectivity index (χ3n) is 10.9. The Morgan fingerprint density at radius 1 is 0.298 bits per heavy atom. The highest BCUT2D eigenvalue weighted by atomic mass is 16.3. The van der Waals surface area contributed by atoms with E-state index in [0.717, 1.165) is 72.0 Å². The number of hydrogen-bond acceptors (Lipinski definition) is 4. The molecule has 0 bridgehead atoms. The maximum atomic E-state index is 6.72. The number of nitrogens with zero attached hydrogens (tertiary/aromatic N) is 3. The predicted molar refractivity (Wildman–Crippen MR) is 235 cm³/mol. The van der Waals surface area contributed by atoms with Crippen molar-refractivity contribution in [1.29, 1.82) is 0 Å². The number of aromatic nitrogens is 3. The minimum absolute atomic E-state index is 0.586. The third kappa shape index (κ3) is 5.83. The van der Waals surface area contributed by atoms with Gasteiger partial charge in [-0.3, -0.25) is 0 Å². The highest BCUT2D eigenvalue weighted by Gasteiger charge is 2.20. The van der Waals surface area contributed by atoms with E-state index in [1.165, 1.54) is 21.5 Å². The highest BCUT2D eigenvalue weighted by molar-refractivity contribution is 6.15. The number of rotatable bonds is 6. The first kappa shape index (κ1) is 32.7. The molecule has 0 saturated heterocycles. The maximum Gasteiger partial charge on any atom is 0.164 e. The molecule has 0 N–H and O–H groups in total. The normalized spacial score (nSPS) is 11.5. The first-order valence-electron chi connectivity index (χ1n) is 19.2. The molecule has 4 heteroatoms. The van der Waals surface area contributed by atoms with Gasteiger partial charge in [0.25, 0.3) is 0 Å². The molecule has 57 heavy (non-hydrogen) atoms. The Balaban J connectivity index is 1.10. The summed E-state index contributed by atoms with van der Waals surface area (Å²) in [7, 11) is 0. The van der Waals surface area contributed by atoms with Crippen LogP contribution >= 0.6 is 0 Å². The summed E-state index contributed by atoms with van der Waals surface area (Å²) in [6.45, 7) is 0. The lowest BCUT2D eigenvalue weighted by Gasteiger charge is -2.14. The molecular weight excluding hydrogens is 695 g/mol. The molecule has 0 radical (unpaired) electrons. The van der Waals surface area contributed by atoms with Crippen LogP contribution in [0.3, 0.4) is 0 Å². The lowest BCUT2D eigenvalue weighted by atomic mass is 9.91. The molecule has 0 spiro atoms. The number of hydrogen-bond donors (Lipinski definition) is 0. The summed E-state index contributed by atoms with van der Waals surface area (Å²) in [5.74, 6) is 1.79. The van der Waals surface area contributed by atoms with Crippen molar-refractivity contribution in [2.45, 2.75) is 0 Å². The summed E-state index contributed by atoms with van der Waals surface area (Å²) in [6.07, 6.45) is 0. The summed E-state index contributed by atoms with van der Waals surface area (Å²) in [6, 6.07) is 69.9. The van der Waals surface area contributed by atoms with Crippen molar-refractivity contribution < 1.29 is 4.42 Å². The zero-order valence-electron chi connectivity index (χ0n) is 30.8. The van der Waals surface area contributed by atoms with Crippen molar-refractivity contribution in [3.8, 4) is 67.5 Å². The van der Waals surface area contributed by atoms with Crippen molar-refractivity contribution in [2.75, 3.05) is 0 Å². The van der Waals surface area contributed by atoms with Gasteiger partial charge in [-0.25, -0.2) is 15.0 Å². The van der Waals surface area contributed by atoms with Crippen LogP contribution in [0.1, 0.15) is 0 Å². The van der Waals surface area contributed by atoms with Gasteiger partial charge in [0, 0.05) is 33.0 Å². The van der Waals surface area contributed by atoms with Crippen LogP contribution in [0.5, 0.6) is 0 Å². The van der Waals surface area contributed by atoms with Crippen molar-refractivity contribution in [1.82, 2.24) is 15.0 Å². The van der Waals surface area contributed by atoms with Crippen LogP contribution in [0.2, 0.25) is 0 Å². The van der Waals surface area contributed by atoms with Crippen LogP contribution in [-0.4, -0.2) is 15.0 Å². The maximum absolute atomic E-state index is 6.72. The minimum atomic E-state index is 0.586. The smallest absolute Gasteiger partial charge is 0.164 e. The summed E-state index contributed by atoms with van der Waals surface area (Å²) in [5.41, 5.74) is 11.0. The van der Waals surface area contributed by atoms with Crippen LogP contribution in [-0.2, 0) is 0 Å². The Bertz CT molecular complexity index is 3300. The Hall–Kier alpha value is -7.69. The molecule has 0 aliphatic heterocycles. The van der Waals surface area contributed by atoms with Crippen molar-refractivity contribution in [3.63, 3.8) is 0 Å². The SMILES string of the molecule is c1ccc(-c2nc(-c3ccc(-c4ccc5ccccc5c4)c(-c4ccccc4)c3)nc(-c3cccc4oc5c(-c6ccc7ccccc7c6)cccc5c34)n2)cc1. The molecule has 0 atom stereocenters. The summed E-state index contributed by atoms with van der Waals surface area (Å²) < 4.78 is 6.72. The van der Waals surface area contributed by atoms with Gasteiger partial charge in [-0.05, 0) is 73.6 Å². The Kier molecular flexibility index (Phi) is 7.78. The van der Waals surface area contributed by atoms with Crippen LogP contribution in [0.15, 0.2) is 205 Å². The molecule has 2 heterocycles. The quantitative estimate of drug-likeness (QED) is 0.171. The monoisotopic (exact) mass is 727 g/mol. The molecule has 0 fully saturated rings. The summed E-state index contributed by atoms with van der Waals surface area (Å²) in [4.78, 5) is 15.6. The van der Waals surface area contributed by atoms with E-state index in [1.54, 1.807) is 0 Å². The van der Waals surface area contributed by atoms with Gasteiger partial charge in [0.2, 0.25) is 0 Å². The third-order valence-corrected chi connectivity index (χ3v) is 10.9. The molecule has 0 unspecified atom stereocenters. The Morgan fingerprint density at radius 2 is 0.842 bits per heavy atom. The van der Waals surface area contributed by atoms with Gasteiger partial charge in [0.15, 0.2) is 17.5 Å². The van der Waals surface area contributed by atoms with Crippen molar-refractivity contribution in [3.05, 3.63) is 200 Å².